The molecule has 2 rings (SSSR count). The van der Waals surface area contributed by atoms with Crippen LogP contribution in [-0.4, -0.2) is 40.8 Å². The third-order valence-electron chi connectivity index (χ3n) is 2.72. The minimum absolute atomic E-state index is 0.0695. The number of ketones is 1. The second-order valence-corrected chi connectivity index (χ2v) is 5.11. The summed E-state index contributed by atoms with van der Waals surface area (Å²) < 4.78 is 5.02. The summed E-state index contributed by atoms with van der Waals surface area (Å²) in [6, 6.07) is 6.10. The summed E-state index contributed by atoms with van der Waals surface area (Å²) in [7, 11) is 1.56. The zero-order valence-electron chi connectivity index (χ0n) is 10.3. The number of Topliss-reactive ketones (excluding diaryl/α,β-unsaturated/α-hetero) is 1. The highest BCUT2D eigenvalue weighted by Gasteiger charge is 2.25. The van der Waals surface area contributed by atoms with E-state index >= 15 is 0 Å². The van der Waals surface area contributed by atoms with Crippen molar-refractivity contribution in [3.8, 4) is 5.75 Å². The topological polar surface area (TPSA) is 76.0 Å². The number of ether oxygens (including phenoxy) is 1. The molecular formula is C13H13NO4S. The maximum atomic E-state index is 12.0. The molecule has 0 amide bonds. The molecule has 100 valence electrons. The first-order valence-corrected chi connectivity index (χ1v) is 6.68. The monoisotopic (exact) mass is 279 g/mol. The normalized spacial score (nSPS) is 17.9. The number of methoxy groups -OCH3 is 1. The second-order valence-electron chi connectivity index (χ2n) is 4.02. The van der Waals surface area contributed by atoms with Gasteiger partial charge in [0.05, 0.1) is 18.6 Å². The Labute approximate surface area is 114 Å². The van der Waals surface area contributed by atoms with Gasteiger partial charge in [-0.2, -0.15) is 0 Å². The van der Waals surface area contributed by atoms with Gasteiger partial charge in [-0.25, -0.2) is 4.79 Å². The van der Waals surface area contributed by atoms with Crippen molar-refractivity contribution in [2.24, 2.45) is 4.99 Å². The second kappa shape index (κ2) is 5.88. The summed E-state index contributed by atoms with van der Waals surface area (Å²) >= 11 is 1.33. The fourth-order valence-corrected chi connectivity index (χ4v) is 2.67. The first-order valence-electron chi connectivity index (χ1n) is 5.69. The molecule has 6 heteroatoms. The Kier molecular flexibility index (Phi) is 4.21. The fraction of sp³-hybridized carbons (Fsp3) is 0.308. The standard InChI is InChI=1S/C13H13NO4S/c1-18-9-4-2-8(3-5-9)11(15)6-12-14-10(7-19-12)13(16)17/h2-5,10H,6-7H2,1H3,(H,16,17). The van der Waals surface area contributed by atoms with E-state index in [1.165, 1.54) is 11.8 Å². The molecule has 19 heavy (non-hydrogen) atoms. The first kappa shape index (κ1) is 13.6. The van der Waals surface area contributed by atoms with Gasteiger partial charge in [-0.15, -0.1) is 11.8 Å². The Morgan fingerprint density at radius 3 is 2.63 bits per heavy atom. The van der Waals surface area contributed by atoms with Gasteiger partial charge in [0.2, 0.25) is 0 Å². The predicted octanol–water partition coefficient (Wildman–Crippen LogP) is 1.87. The quantitative estimate of drug-likeness (QED) is 0.833. The van der Waals surface area contributed by atoms with Crippen LogP contribution < -0.4 is 4.74 Å². The Balaban J connectivity index is 2.01. The maximum absolute atomic E-state index is 12.0. The number of aliphatic carboxylic acids is 1. The number of thioether (sulfide) groups is 1. The molecule has 1 heterocycles. The van der Waals surface area contributed by atoms with E-state index in [1.807, 2.05) is 0 Å². The third kappa shape index (κ3) is 3.35. The maximum Gasteiger partial charge on any atom is 0.329 e. The Bertz CT molecular complexity index is 524. The molecule has 1 aromatic carbocycles. The van der Waals surface area contributed by atoms with Gasteiger partial charge in [0, 0.05) is 11.3 Å². The van der Waals surface area contributed by atoms with Crippen molar-refractivity contribution < 1.29 is 19.4 Å². The van der Waals surface area contributed by atoms with Gasteiger partial charge in [-0.3, -0.25) is 9.79 Å². The summed E-state index contributed by atoms with van der Waals surface area (Å²) in [6.45, 7) is 0. The van der Waals surface area contributed by atoms with Crippen molar-refractivity contribution in [3.05, 3.63) is 29.8 Å². The van der Waals surface area contributed by atoms with Gasteiger partial charge in [0.1, 0.15) is 5.75 Å². The number of carbonyl (C=O) groups is 2. The summed E-state index contributed by atoms with van der Waals surface area (Å²) in [4.78, 5) is 26.8. The lowest BCUT2D eigenvalue weighted by Gasteiger charge is -2.02. The molecule has 1 aliphatic rings. The number of rotatable bonds is 5. The highest BCUT2D eigenvalue weighted by molar-refractivity contribution is 8.14. The number of carboxylic acids is 1. The SMILES string of the molecule is COc1ccc(C(=O)CC2=NC(C(=O)O)CS2)cc1. The van der Waals surface area contributed by atoms with Crippen LogP contribution in [0.5, 0.6) is 5.75 Å². The summed E-state index contributed by atoms with van der Waals surface area (Å²) in [6.07, 6.45) is 0.154. The average molecular weight is 279 g/mol. The molecule has 0 aromatic heterocycles. The Morgan fingerprint density at radius 1 is 1.42 bits per heavy atom. The van der Waals surface area contributed by atoms with Gasteiger partial charge < -0.3 is 9.84 Å². The van der Waals surface area contributed by atoms with Crippen molar-refractivity contribution in [1.82, 2.24) is 0 Å². The molecule has 1 aromatic rings. The summed E-state index contributed by atoms with van der Waals surface area (Å²) in [5, 5.41) is 9.41. The molecule has 0 saturated carbocycles. The highest BCUT2D eigenvalue weighted by Crippen LogP contribution is 2.22. The van der Waals surface area contributed by atoms with Gasteiger partial charge in [-0.1, -0.05) is 0 Å². The predicted molar refractivity (Wildman–Crippen MR) is 73.3 cm³/mol. The van der Waals surface area contributed by atoms with Gasteiger partial charge in [-0.05, 0) is 24.3 Å². The van der Waals surface area contributed by atoms with Crippen LogP contribution in [0.2, 0.25) is 0 Å². The Morgan fingerprint density at radius 2 is 2.11 bits per heavy atom. The van der Waals surface area contributed by atoms with E-state index in [-0.39, 0.29) is 12.2 Å². The molecule has 0 aliphatic carbocycles. The van der Waals surface area contributed by atoms with Crippen molar-refractivity contribution in [1.29, 1.82) is 0 Å². The highest BCUT2D eigenvalue weighted by atomic mass is 32.2. The van der Waals surface area contributed by atoms with E-state index in [2.05, 4.69) is 4.99 Å². The number of aliphatic imine (C=N–C) groups is 1. The van der Waals surface area contributed by atoms with Gasteiger partial charge in [0.15, 0.2) is 11.8 Å². The summed E-state index contributed by atoms with van der Waals surface area (Å²) in [5.74, 6) is 0.0787. The van der Waals surface area contributed by atoms with E-state index in [4.69, 9.17) is 9.84 Å². The van der Waals surface area contributed by atoms with Crippen molar-refractivity contribution >= 4 is 28.6 Å². The van der Waals surface area contributed by atoms with Gasteiger partial charge in [0.25, 0.3) is 0 Å². The molecule has 0 radical (unpaired) electrons. The van der Waals surface area contributed by atoms with Crippen LogP contribution in [0, 0.1) is 0 Å². The number of carboxylic acid groups (broad SMARTS) is 1. The lowest BCUT2D eigenvalue weighted by atomic mass is 10.1. The first-order chi connectivity index (χ1) is 9.10. The number of hydrogen-bond donors (Lipinski definition) is 1. The van der Waals surface area contributed by atoms with E-state index in [1.54, 1.807) is 31.4 Å². The molecule has 1 aliphatic heterocycles. The number of hydrogen-bond acceptors (Lipinski definition) is 5. The molecule has 0 fully saturated rings. The molecule has 1 N–H and O–H groups in total. The van der Waals surface area contributed by atoms with Crippen LogP contribution in [0.4, 0.5) is 0 Å². The molecular weight excluding hydrogens is 266 g/mol. The molecule has 0 bridgehead atoms. The smallest absolute Gasteiger partial charge is 0.329 e. The van der Waals surface area contributed by atoms with Crippen LogP contribution in [-0.2, 0) is 4.79 Å². The van der Waals surface area contributed by atoms with Crippen molar-refractivity contribution in [3.63, 3.8) is 0 Å². The minimum Gasteiger partial charge on any atom is -0.497 e. The lowest BCUT2D eigenvalue weighted by molar-refractivity contribution is -0.137. The molecule has 1 atom stereocenters. The average Bonchev–Trinajstić information content (AvgIpc) is 2.87. The molecule has 5 nitrogen and oxygen atoms in total. The van der Waals surface area contributed by atoms with Crippen molar-refractivity contribution in [2.75, 3.05) is 12.9 Å². The van der Waals surface area contributed by atoms with E-state index < -0.39 is 12.0 Å². The third-order valence-corrected chi connectivity index (χ3v) is 3.78. The molecule has 0 saturated heterocycles. The van der Waals surface area contributed by atoms with Crippen LogP contribution >= 0.6 is 11.8 Å². The van der Waals surface area contributed by atoms with E-state index in [9.17, 15) is 9.59 Å². The lowest BCUT2D eigenvalue weighted by Crippen LogP contribution is -2.17. The van der Waals surface area contributed by atoms with E-state index in [0.717, 1.165) is 0 Å². The number of carbonyl (C=O) groups excluding carboxylic acids is 1. The van der Waals surface area contributed by atoms with E-state index in [0.29, 0.717) is 22.1 Å². The van der Waals surface area contributed by atoms with Crippen molar-refractivity contribution in [2.45, 2.75) is 12.5 Å². The van der Waals surface area contributed by atoms with Crippen LogP contribution in [0.3, 0.4) is 0 Å². The Hall–Kier alpha value is -1.82. The molecule has 1 unspecified atom stereocenters. The van der Waals surface area contributed by atoms with Crippen LogP contribution in [0.25, 0.3) is 0 Å². The number of nitrogens with zero attached hydrogens (tertiary/aromatic N) is 1. The summed E-state index contributed by atoms with van der Waals surface area (Å²) in [5.41, 5.74) is 0.572. The van der Waals surface area contributed by atoms with Gasteiger partial charge >= 0.3 is 5.97 Å². The largest absolute Gasteiger partial charge is 0.497 e. The number of benzene rings is 1. The zero-order valence-corrected chi connectivity index (χ0v) is 11.1. The van der Waals surface area contributed by atoms with Crippen LogP contribution in [0.1, 0.15) is 16.8 Å². The van der Waals surface area contributed by atoms with Crippen LogP contribution in [0.15, 0.2) is 29.3 Å². The fourth-order valence-electron chi connectivity index (χ4n) is 1.66. The zero-order chi connectivity index (χ0) is 13.8. The molecule has 0 spiro atoms. The minimum atomic E-state index is -0.945.